The predicted octanol–water partition coefficient (Wildman–Crippen LogP) is 4.55. The minimum absolute atomic E-state index is 0.0531. The van der Waals surface area contributed by atoms with Gasteiger partial charge in [0.1, 0.15) is 11.3 Å². The fourth-order valence-electron chi connectivity index (χ4n) is 2.78. The average Bonchev–Trinajstić information content (AvgIpc) is 2.73. The number of carbonyl (C=O) groups excluding carboxylic acids is 1. The molecule has 0 unspecified atom stereocenters. The van der Waals surface area contributed by atoms with Crippen molar-refractivity contribution in [3.8, 4) is 11.3 Å². The third kappa shape index (κ3) is 4.38. The molecule has 3 rings (SSSR count). The monoisotopic (exact) mass is 408 g/mol. The van der Waals surface area contributed by atoms with Crippen molar-refractivity contribution in [2.75, 3.05) is 12.4 Å². The molecule has 0 aliphatic rings. The second-order valence-corrected chi connectivity index (χ2v) is 6.22. The standard InChI is InChI=1S/C22H18F2N4O2/c1-4-5-19(30-3)14-7-6-13(2)15(8-14)18-11-27-20(12-26-18)28-22(29)21-16(23)9-25-10-17(21)24/h4-12H,1H2,2-3H3,(H,27,28,29)/b19-5-. The van der Waals surface area contributed by atoms with Crippen LogP contribution in [0.4, 0.5) is 14.6 Å². The van der Waals surface area contributed by atoms with Gasteiger partial charge in [0, 0.05) is 11.1 Å². The Labute approximate surface area is 172 Å². The molecule has 1 aromatic carbocycles. The number of benzene rings is 1. The third-order valence-electron chi connectivity index (χ3n) is 4.26. The zero-order chi connectivity index (χ0) is 21.7. The molecule has 1 amide bonds. The van der Waals surface area contributed by atoms with Gasteiger partial charge in [-0.1, -0.05) is 24.8 Å². The van der Waals surface area contributed by atoms with Crippen LogP contribution in [0.25, 0.3) is 17.0 Å². The molecule has 0 fully saturated rings. The van der Waals surface area contributed by atoms with Gasteiger partial charge in [0.05, 0.1) is 37.6 Å². The van der Waals surface area contributed by atoms with Crippen molar-refractivity contribution in [1.82, 2.24) is 15.0 Å². The van der Waals surface area contributed by atoms with E-state index >= 15 is 0 Å². The van der Waals surface area contributed by atoms with Crippen molar-refractivity contribution in [2.45, 2.75) is 6.92 Å². The first-order valence-corrected chi connectivity index (χ1v) is 8.85. The number of rotatable bonds is 6. The van der Waals surface area contributed by atoms with Crippen LogP contribution in [-0.2, 0) is 4.74 Å². The first-order valence-electron chi connectivity index (χ1n) is 8.85. The Balaban J connectivity index is 1.86. The number of aromatic nitrogens is 3. The lowest BCUT2D eigenvalue weighted by Gasteiger charge is -2.11. The molecular weight excluding hydrogens is 390 g/mol. The molecule has 0 aliphatic carbocycles. The van der Waals surface area contributed by atoms with Crippen molar-refractivity contribution in [3.05, 3.63) is 90.0 Å². The number of anilines is 1. The number of methoxy groups -OCH3 is 1. The first-order chi connectivity index (χ1) is 14.4. The highest BCUT2D eigenvalue weighted by molar-refractivity contribution is 6.04. The molecule has 0 saturated heterocycles. The maximum Gasteiger partial charge on any atom is 0.262 e. The van der Waals surface area contributed by atoms with E-state index in [0.717, 1.165) is 29.1 Å². The Kier molecular flexibility index (Phi) is 6.26. The molecule has 152 valence electrons. The van der Waals surface area contributed by atoms with Crippen LogP contribution in [0, 0.1) is 18.6 Å². The zero-order valence-electron chi connectivity index (χ0n) is 16.3. The van der Waals surface area contributed by atoms with Crippen molar-refractivity contribution in [3.63, 3.8) is 0 Å². The van der Waals surface area contributed by atoms with E-state index in [0.29, 0.717) is 11.5 Å². The SMILES string of the molecule is C=C/C=C(\OC)c1ccc(C)c(-c2cnc(NC(=O)c3c(F)cncc3F)cn2)c1. The number of amides is 1. The Morgan fingerprint density at radius 3 is 2.47 bits per heavy atom. The van der Waals surface area contributed by atoms with Crippen LogP contribution in [0.15, 0.2) is 61.7 Å². The van der Waals surface area contributed by atoms with Crippen LogP contribution in [-0.4, -0.2) is 28.0 Å². The second kappa shape index (κ2) is 9.04. The van der Waals surface area contributed by atoms with E-state index in [1.54, 1.807) is 19.3 Å². The summed E-state index contributed by atoms with van der Waals surface area (Å²) in [6, 6.07) is 5.74. The molecule has 0 radical (unpaired) electrons. The number of hydrogen-bond acceptors (Lipinski definition) is 5. The summed E-state index contributed by atoms with van der Waals surface area (Å²) in [6.07, 6.45) is 7.67. The molecule has 0 atom stereocenters. The van der Waals surface area contributed by atoms with Gasteiger partial charge in [-0.05, 0) is 24.6 Å². The Hall–Kier alpha value is -3.94. The van der Waals surface area contributed by atoms with Gasteiger partial charge in [-0.3, -0.25) is 14.8 Å². The molecule has 30 heavy (non-hydrogen) atoms. The fraction of sp³-hybridized carbons (Fsp3) is 0.0909. The van der Waals surface area contributed by atoms with E-state index in [1.807, 2.05) is 25.1 Å². The van der Waals surface area contributed by atoms with Crippen LogP contribution in [0.2, 0.25) is 0 Å². The molecule has 8 heteroatoms. The summed E-state index contributed by atoms with van der Waals surface area (Å²) in [7, 11) is 1.57. The molecule has 0 aliphatic heterocycles. The molecule has 0 saturated carbocycles. The largest absolute Gasteiger partial charge is 0.496 e. The van der Waals surface area contributed by atoms with Crippen LogP contribution < -0.4 is 5.32 Å². The summed E-state index contributed by atoms with van der Waals surface area (Å²) in [6.45, 7) is 5.60. The molecular formula is C22H18F2N4O2. The minimum atomic E-state index is -1.06. The van der Waals surface area contributed by atoms with E-state index < -0.39 is 23.1 Å². The molecule has 0 bridgehead atoms. The molecule has 3 aromatic rings. The van der Waals surface area contributed by atoms with Crippen molar-refractivity contribution in [2.24, 2.45) is 0 Å². The van der Waals surface area contributed by atoms with Gasteiger partial charge in [0.2, 0.25) is 0 Å². The minimum Gasteiger partial charge on any atom is -0.496 e. The van der Waals surface area contributed by atoms with Crippen LogP contribution in [0.5, 0.6) is 0 Å². The lowest BCUT2D eigenvalue weighted by molar-refractivity contribution is 0.101. The highest BCUT2D eigenvalue weighted by Crippen LogP contribution is 2.26. The summed E-state index contributed by atoms with van der Waals surface area (Å²) in [5, 5.41) is 2.33. The van der Waals surface area contributed by atoms with E-state index in [9.17, 15) is 13.6 Å². The number of hydrogen-bond donors (Lipinski definition) is 1. The molecule has 2 aromatic heterocycles. The van der Waals surface area contributed by atoms with Crippen molar-refractivity contribution >= 4 is 17.5 Å². The highest BCUT2D eigenvalue weighted by atomic mass is 19.1. The quantitative estimate of drug-likeness (QED) is 0.478. The number of nitrogens with one attached hydrogen (secondary N) is 1. The topological polar surface area (TPSA) is 77.0 Å². The number of pyridine rings is 1. The first kappa shape index (κ1) is 20.8. The molecule has 2 heterocycles. The van der Waals surface area contributed by atoms with Crippen molar-refractivity contribution < 1.29 is 18.3 Å². The van der Waals surface area contributed by atoms with Crippen molar-refractivity contribution in [1.29, 1.82) is 0 Å². The normalized spacial score (nSPS) is 11.1. The number of carbonyl (C=O) groups is 1. The fourth-order valence-corrected chi connectivity index (χ4v) is 2.78. The van der Waals surface area contributed by atoms with Gasteiger partial charge in [-0.15, -0.1) is 0 Å². The lowest BCUT2D eigenvalue weighted by atomic mass is 10.0. The Morgan fingerprint density at radius 1 is 1.13 bits per heavy atom. The van der Waals surface area contributed by atoms with E-state index in [2.05, 4.69) is 26.8 Å². The van der Waals surface area contributed by atoms with E-state index in [-0.39, 0.29) is 5.82 Å². The van der Waals surface area contributed by atoms with Crippen LogP contribution >= 0.6 is 0 Å². The summed E-state index contributed by atoms with van der Waals surface area (Å²) >= 11 is 0. The average molecular weight is 408 g/mol. The number of nitrogens with zero attached hydrogens (tertiary/aromatic N) is 3. The van der Waals surface area contributed by atoms with Gasteiger partial charge in [0.25, 0.3) is 5.91 Å². The number of aryl methyl sites for hydroxylation is 1. The maximum atomic E-state index is 13.7. The summed E-state index contributed by atoms with van der Waals surface area (Å²) in [4.78, 5) is 24.0. The third-order valence-corrected chi connectivity index (χ3v) is 4.26. The Bertz CT molecular complexity index is 1110. The molecule has 6 nitrogen and oxygen atoms in total. The number of allylic oxidation sites excluding steroid dienone is 2. The van der Waals surface area contributed by atoms with E-state index in [4.69, 9.17) is 4.74 Å². The predicted molar refractivity (Wildman–Crippen MR) is 109 cm³/mol. The smallest absolute Gasteiger partial charge is 0.262 e. The maximum absolute atomic E-state index is 13.7. The lowest BCUT2D eigenvalue weighted by Crippen LogP contribution is -2.17. The number of halogens is 2. The van der Waals surface area contributed by atoms with E-state index in [1.165, 1.54) is 12.4 Å². The van der Waals surface area contributed by atoms with Gasteiger partial charge < -0.3 is 10.1 Å². The summed E-state index contributed by atoms with van der Waals surface area (Å²) in [5.74, 6) is -2.41. The zero-order valence-corrected chi connectivity index (χ0v) is 16.3. The van der Waals surface area contributed by atoms with Crippen LogP contribution in [0.3, 0.4) is 0 Å². The van der Waals surface area contributed by atoms with Gasteiger partial charge in [0.15, 0.2) is 17.5 Å². The van der Waals surface area contributed by atoms with Gasteiger partial charge in [-0.2, -0.15) is 0 Å². The summed E-state index contributed by atoms with van der Waals surface area (Å²) in [5.41, 5.74) is 2.43. The second-order valence-electron chi connectivity index (χ2n) is 6.22. The van der Waals surface area contributed by atoms with Crippen LogP contribution in [0.1, 0.15) is 21.5 Å². The Morgan fingerprint density at radius 2 is 1.87 bits per heavy atom. The van der Waals surface area contributed by atoms with Gasteiger partial charge >= 0.3 is 0 Å². The number of ether oxygens (including phenoxy) is 1. The molecule has 1 N–H and O–H groups in total. The summed E-state index contributed by atoms with van der Waals surface area (Å²) < 4.78 is 32.8. The molecule has 0 spiro atoms. The highest BCUT2D eigenvalue weighted by Gasteiger charge is 2.18. The van der Waals surface area contributed by atoms with Gasteiger partial charge in [-0.25, -0.2) is 13.8 Å².